The topological polar surface area (TPSA) is 6.48 Å². The molecule has 0 aromatic heterocycles. The summed E-state index contributed by atoms with van der Waals surface area (Å²) >= 11 is 0. The molecule has 1 aliphatic heterocycles. The predicted molar refractivity (Wildman–Crippen MR) is 97.2 cm³/mol. The fraction of sp³-hybridized carbons (Fsp3) is 0.900. The second-order valence-corrected chi connectivity index (χ2v) is 9.20. The van der Waals surface area contributed by atoms with Gasteiger partial charge in [0.1, 0.15) is 0 Å². The molecule has 0 bridgehead atoms. The zero-order valence-corrected chi connectivity index (χ0v) is 15.9. The SMILES string of the molecule is C=CCCCCN(C)C[C@@]12CC(C(C)C)N(C(C)(C)C)C1C2. The lowest BCUT2D eigenvalue weighted by Gasteiger charge is -2.41. The Labute approximate surface area is 138 Å². The maximum Gasteiger partial charge on any atom is 0.0180 e. The van der Waals surface area contributed by atoms with Crippen LogP contribution in [0.15, 0.2) is 12.7 Å². The molecule has 0 radical (unpaired) electrons. The molecule has 2 fully saturated rings. The first-order valence-electron chi connectivity index (χ1n) is 9.29. The standard InChI is InChI=1S/C20H38N2/c1-8-9-10-11-12-21(7)15-20-13-17(16(2)3)22(18(20)14-20)19(4,5)6/h8,16-18H,1,9-15H2,2-7H3/t17?,18?,20-/m0/s1. The van der Waals surface area contributed by atoms with E-state index in [0.29, 0.717) is 11.0 Å². The number of hydrogen-bond donors (Lipinski definition) is 0. The van der Waals surface area contributed by atoms with E-state index in [1.807, 2.05) is 6.08 Å². The maximum absolute atomic E-state index is 3.82. The third-order valence-corrected chi connectivity index (χ3v) is 5.78. The van der Waals surface area contributed by atoms with Crippen molar-refractivity contribution < 1.29 is 0 Å². The van der Waals surface area contributed by atoms with E-state index in [2.05, 4.69) is 58.0 Å². The highest BCUT2D eigenvalue weighted by atomic mass is 15.3. The van der Waals surface area contributed by atoms with Crippen LogP contribution >= 0.6 is 0 Å². The van der Waals surface area contributed by atoms with Gasteiger partial charge in [-0.25, -0.2) is 0 Å². The van der Waals surface area contributed by atoms with Gasteiger partial charge in [-0.1, -0.05) is 19.9 Å². The molecule has 0 N–H and O–H groups in total. The molecule has 22 heavy (non-hydrogen) atoms. The minimum atomic E-state index is 0.306. The fourth-order valence-electron chi connectivity index (χ4n) is 4.73. The van der Waals surface area contributed by atoms with Crippen molar-refractivity contribution in [3.8, 4) is 0 Å². The van der Waals surface area contributed by atoms with Gasteiger partial charge in [-0.3, -0.25) is 4.90 Å². The number of allylic oxidation sites excluding steroid dienone is 1. The quantitative estimate of drug-likeness (QED) is 0.479. The van der Waals surface area contributed by atoms with E-state index in [1.165, 1.54) is 38.8 Å². The average molecular weight is 307 g/mol. The van der Waals surface area contributed by atoms with Gasteiger partial charge in [0.25, 0.3) is 0 Å². The Bertz CT molecular complexity index is 382. The second kappa shape index (κ2) is 6.65. The zero-order chi connectivity index (χ0) is 16.5. The van der Waals surface area contributed by atoms with Crippen LogP contribution in [0.2, 0.25) is 0 Å². The van der Waals surface area contributed by atoms with Crippen molar-refractivity contribution in [2.75, 3.05) is 20.1 Å². The first-order chi connectivity index (χ1) is 10.2. The molecule has 2 heteroatoms. The summed E-state index contributed by atoms with van der Waals surface area (Å²) in [5, 5.41) is 0. The summed E-state index contributed by atoms with van der Waals surface area (Å²) in [6, 6.07) is 1.60. The molecule has 1 aliphatic carbocycles. The Hall–Kier alpha value is -0.340. The Morgan fingerprint density at radius 2 is 1.95 bits per heavy atom. The summed E-state index contributed by atoms with van der Waals surface area (Å²) in [7, 11) is 2.32. The lowest BCUT2D eigenvalue weighted by Crippen LogP contribution is -2.48. The van der Waals surface area contributed by atoms with E-state index in [4.69, 9.17) is 0 Å². The molecule has 3 atom stereocenters. The molecule has 1 saturated heterocycles. The van der Waals surface area contributed by atoms with Gasteiger partial charge in [0.2, 0.25) is 0 Å². The van der Waals surface area contributed by atoms with Crippen molar-refractivity contribution in [2.45, 2.75) is 84.3 Å². The molecule has 1 heterocycles. The Morgan fingerprint density at radius 1 is 1.27 bits per heavy atom. The van der Waals surface area contributed by atoms with Crippen molar-refractivity contribution in [1.82, 2.24) is 9.80 Å². The molecule has 0 spiro atoms. The van der Waals surface area contributed by atoms with Gasteiger partial charge in [0.05, 0.1) is 0 Å². The van der Waals surface area contributed by atoms with Gasteiger partial charge in [-0.15, -0.1) is 6.58 Å². The molecule has 2 unspecified atom stereocenters. The summed E-state index contributed by atoms with van der Waals surface area (Å²) in [4.78, 5) is 5.44. The highest BCUT2D eigenvalue weighted by molar-refractivity contribution is 5.20. The van der Waals surface area contributed by atoms with Gasteiger partial charge in [-0.05, 0) is 72.4 Å². The van der Waals surface area contributed by atoms with Crippen LogP contribution in [0.5, 0.6) is 0 Å². The average Bonchev–Trinajstić information content (AvgIpc) is 2.96. The predicted octanol–water partition coefficient (Wildman–Crippen LogP) is 4.56. The normalized spacial score (nSPS) is 31.8. The van der Waals surface area contributed by atoms with Crippen molar-refractivity contribution >= 4 is 0 Å². The van der Waals surface area contributed by atoms with E-state index in [0.717, 1.165) is 24.4 Å². The fourth-order valence-corrected chi connectivity index (χ4v) is 4.73. The number of rotatable bonds is 8. The molecular formula is C20H38N2. The van der Waals surface area contributed by atoms with Crippen molar-refractivity contribution in [3.63, 3.8) is 0 Å². The van der Waals surface area contributed by atoms with E-state index in [-0.39, 0.29) is 0 Å². The van der Waals surface area contributed by atoms with Crippen LogP contribution in [-0.2, 0) is 0 Å². The third kappa shape index (κ3) is 3.76. The van der Waals surface area contributed by atoms with Crippen molar-refractivity contribution in [3.05, 3.63) is 12.7 Å². The van der Waals surface area contributed by atoms with Crippen molar-refractivity contribution in [2.24, 2.45) is 11.3 Å². The van der Waals surface area contributed by atoms with Gasteiger partial charge >= 0.3 is 0 Å². The molecule has 0 aromatic rings. The minimum Gasteiger partial charge on any atom is -0.306 e. The lowest BCUT2D eigenvalue weighted by molar-refractivity contribution is 0.0713. The largest absolute Gasteiger partial charge is 0.306 e. The first kappa shape index (κ1) is 18.0. The molecule has 0 aromatic carbocycles. The van der Waals surface area contributed by atoms with Crippen LogP contribution in [-0.4, -0.2) is 47.6 Å². The Balaban J connectivity index is 1.92. The van der Waals surface area contributed by atoms with Crippen LogP contribution in [0.3, 0.4) is 0 Å². The van der Waals surface area contributed by atoms with Crippen LogP contribution in [0.1, 0.15) is 66.7 Å². The second-order valence-electron chi connectivity index (χ2n) is 9.20. The van der Waals surface area contributed by atoms with E-state index in [9.17, 15) is 0 Å². The Kier molecular flexibility index (Phi) is 5.44. The molecule has 128 valence electrons. The van der Waals surface area contributed by atoms with Gasteiger partial charge in [0, 0.05) is 29.6 Å². The monoisotopic (exact) mass is 306 g/mol. The number of nitrogens with zero attached hydrogens (tertiary/aromatic N) is 2. The molecular weight excluding hydrogens is 268 g/mol. The van der Waals surface area contributed by atoms with Gasteiger partial charge < -0.3 is 4.90 Å². The summed E-state index contributed by atoms with van der Waals surface area (Å²) in [6.45, 7) is 18.4. The summed E-state index contributed by atoms with van der Waals surface area (Å²) in [5.41, 5.74) is 0.899. The van der Waals surface area contributed by atoms with Crippen LogP contribution < -0.4 is 0 Å². The van der Waals surface area contributed by atoms with Gasteiger partial charge in [-0.2, -0.15) is 0 Å². The minimum absolute atomic E-state index is 0.306. The van der Waals surface area contributed by atoms with E-state index >= 15 is 0 Å². The number of likely N-dealkylation sites (tertiary alicyclic amines) is 1. The van der Waals surface area contributed by atoms with E-state index < -0.39 is 0 Å². The molecule has 2 rings (SSSR count). The summed E-state index contributed by atoms with van der Waals surface area (Å²) in [6.07, 6.45) is 8.62. The highest BCUT2D eigenvalue weighted by Crippen LogP contribution is 2.62. The number of fused-ring (bicyclic) bond motifs is 1. The summed E-state index contributed by atoms with van der Waals surface area (Å²) < 4.78 is 0. The number of piperidine rings is 1. The van der Waals surface area contributed by atoms with Crippen LogP contribution in [0, 0.1) is 11.3 Å². The highest BCUT2D eigenvalue weighted by Gasteiger charge is 2.66. The number of unbranched alkanes of at least 4 members (excludes halogenated alkanes) is 2. The summed E-state index contributed by atoms with van der Waals surface area (Å²) in [5.74, 6) is 0.766. The van der Waals surface area contributed by atoms with Gasteiger partial charge in [0.15, 0.2) is 0 Å². The van der Waals surface area contributed by atoms with E-state index in [1.54, 1.807) is 0 Å². The Morgan fingerprint density at radius 3 is 2.45 bits per heavy atom. The maximum atomic E-state index is 3.82. The van der Waals surface area contributed by atoms with Crippen LogP contribution in [0.4, 0.5) is 0 Å². The first-order valence-corrected chi connectivity index (χ1v) is 9.29. The van der Waals surface area contributed by atoms with Crippen molar-refractivity contribution in [1.29, 1.82) is 0 Å². The molecule has 2 aliphatic rings. The third-order valence-electron chi connectivity index (χ3n) is 5.78. The smallest absolute Gasteiger partial charge is 0.0180 e. The zero-order valence-electron chi connectivity index (χ0n) is 15.9. The van der Waals surface area contributed by atoms with Crippen LogP contribution in [0.25, 0.3) is 0 Å². The number of hydrogen-bond acceptors (Lipinski definition) is 2. The molecule has 1 saturated carbocycles. The molecule has 0 amide bonds. The molecule has 2 nitrogen and oxygen atoms in total. The lowest BCUT2D eigenvalue weighted by atomic mass is 9.91.